The van der Waals surface area contributed by atoms with Crippen molar-refractivity contribution in [2.45, 2.75) is 13.0 Å². The lowest BCUT2D eigenvalue weighted by molar-refractivity contribution is -0.0172. The van der Waals surface area contributed by atoms with Crippen molar-refractivity contribution in [1.29, 1.82) is 0 Å². The lowest BCUT2D eigenvalue weighted by atomic mass is 10.1. The number of aliphatic imine (C=N–C) groups is 1. The third-order valence-corrected chi connectivity index (χ3v) is 5.41. The van der Waals surface area contributed by atoms with E-state index in [2.05, 4.69) is 20.1 Å². The first kappa shape index (κ1) is 20.4. The summed E-state index contributed by atoms with van der Waals surface area (Å²) >= 11 is 0. The van der Waals surface area contributed by atoms with Gasteiger partial charge in [0.15, 0.2) is 12.8 Å². The molecule has 8 heteroatoms. The molecular weight excluding hydrogens is 390 g/mol. The molecule has 30 heavy (non-hydrogen) atoms. The number of halogens is 2. The average molecular weight is 416 g/mol. The molecule has 0 atom stereocenters. The van der Waals surface area contributed by atoms with Gasteiger partial charge in [-0.2, -0.15) is 0 Å². The molecule has 6 nitrogen and oxygen atoms in total. The van der Waals surface area contributed by atoms with Crippen molar-refractivity contribution in [3.8, 4) is 5.75 Å². The van der Waals surface area contributed by atoms with E-state index in [1.165, 1.54) is 24.3 Å². The topological polar surface area (TPSA) is 49.3 Å². The lowest BCUT2D eigenvalue weighted by Crippen LogP contribution is -2.52. The first-order valence-electron chi connectivity index (χ1n) is 10.1. The zero-order valence-electron chi connectivity index (χ0n) is 17.0. The summed E-state index contributed by atoms with van der Waals surface area (Å²) in [6.45, 7) is 4.46. The van der Waals surface area contributed by atoms with Crippen LogP contribution in [0.25, 0.3) is 0 Å². The smallest absolute Gasteiger partial charge is 0.193 e. The highest BCUT2D eigenvalue weighted by molar-refractivity contribution is 5.80. The Morgan fingerprint density at radius 2 is 1.83 bits per heavy atom. The molecular formula is C22H26F2N4O2. The molecule has 0 radical (unpaired) electrons. The third-order valence-electron chi connectivity index (χ3n) is 5.41. The molecule has 2 aromatic rings. The van der Waals surface area contributed by atoms with Crippen molar-refractivity contribution < 1.29 is 18.3 Å². The molecule has 0 amide bonds. The summed E-state index contributed by atoms with van der Waals surface area (Å²) in [6.07, 6.45) is 0.620. The summed E-state index contributed by atoms with van der Waals surface area (Å²) in [5.41, 5.74) is 2.61. The minimum Gasteiger partial charge on any atom is -0.467 e. The molecule has 0 bridgehead atoms. The summed E-state index contributed by atoms with van der Waals surface area (Å²) in [5, 5.41) is 3.37. The van der Waals surface area contributed by atoms with Crippen LogP contribution in [-0.2, 0) is 17.8 Å². The van der Waals surface area contributed by atoms with Gasteiger partial charge in [-0.05, 0) is 48.4 Å². The van der Waals surface area contributed by atoms with Crippen LogP contribution in [0.1, 0.15) is 11.1 Å². The summed E-state index contributed by atoms with van der Waals surface area (Å²) in [6, 6.07) is 9.59. The minimum atomic E-state index is -0.279. The molecule has 2 aliphatic rings. The zero-order valence-corrected chi connectivity index (χ0v) is 17.0. The van der Waals surface area contributed by atoms with Gasteiger partial charge >= 0.3 is 0 Å². The fourth-order valence-corrected chi connectivity index (χ4v) is 3.91. The third kappa shape index (κ3) is 4.64. The van der Waals surface area contributed by atoms with Gasteiger partial charge in [-0.15, -0.1) is 0 Å². The van der Waals surface area contributed by atoms with Gasteiger partial charge < -0.3 is 24.6 Å². The number of piperazine rings is 1. The Morgan fingerprint density at radius 3 is 2.57 bits per heavy atom. The Morgan fingerprint density at radius 1 is 1.07 bits per heavy atom. The zero-order chi connectivity index (χ0) is 20.9. The molecule has 0 spiro atoms. The number of benzene rings is 2. The highest BCUT2D eigenvalue weighted by Gasteiger charge is 2.21. The Hall–Kier alpha value is -2.87. The Bertz CT molecular complexity index is 897. The summed E-state index contributed by atoms with van der Waals surface area (Å²) in [5.74, 6) is 1.05. The van der Waals surface area contributed by atoms with E-state index in [0.717, 1.165) is 54.7 Å². The van der Waals surface area contributed by atoms with E-state index in [0.29, 0.717) is 19.6 Å². The van der Waals surface area contributed by atoms with Gasteiger partial charge in [-0.1, -0.05) is 0 Å². The fourth-order valence-electron chi connectivity index (χ4n) is 3.91. The predicted octanol–water partition coefficient (Wildman–Crippen LogP) is 2.77. The molecule has 0 aromatic heterocycles. The maximum atomic E-state index is 13.9. The summed E-state index contributed by atoms with van der Waals surface area (Å²) in [4.78, 5) is 8.83. The highest BCUT2D eigenvalue weighted by atomic mass is 19.1. The summed E-state index contributed by atoms with van der Waals surface area (Å²) in [7, 11) is 1.76. The van der Waals surface area contributed by atoms with Gasteiger partial charge in [0.05, 0.1) is 6.61 Å². The monoisotopic (exact) mass is 416 g/mol. The maximum Gasteiger partial charge on any atom is 0.193 e. The number of hydrogen-bond donors (Lipinski definition) is 1. The molecule has 4 rings (SSSR count). The largest absolute Gasteiger partial charge is 0.467 e. The van der Waals surface area contributed by atoms with Crippen LogP contribution in [0.15, 0.2) is 41.4 Å². The molecule has 2 aliphatic heterocycles. The van der Waals surface area contributed by atoms with Crippen molar-refractivity contribution in [3.05, 3.63) is 59.2 Å². The van der Waals surface area contributed by atoms with Crippen LogP contribution in [0, 0.1) is 11.6 Å². The molecule has 1 saturated heterocycles. The van der Waals surface area contributed by atoms with Crippen LogP contribution in [0.5, 0.6) is 5.75 Å². The van der Waals surface area contributed by atoms with Gasteiger partial charge in [0.25, 0.3) is 0 Å². The fraction of sp³-hybridized carbons (Fsp3) is 0.409. The number of fused-ring (bicyclic) bond motifs is 1. The van der Waals surface area contributed by atoms with Crippen molar-refractivity contribution >= 4 is 11.6 Å². The molecule has 2 heterocycles. The average Bonchev–Trinajstić information content (AvgIpc) is 2.77. The van der Waals surface area contributed by atoms with Crippen LogP contribution in [-0.4, -0.2) is 57.4 Å². The quantitative estimate of drug-likeness (QED) is 0.614. The van der Waals surface area contributed by atoms with Gasteiger partial charge in [0.1, 0.15) is 17.4 Å². The number of nitrogens with zero attached hydrogens (tertiary/aromatic N) is 3. The normalized spacial score (nSPS) is 16.8. The highest BCUT2D eigenvalue weighted by Crippen LogP contribution is 2.29. The van der Waals surface area contributed by atoms with Gasteiger partial charge in [0, 0.05) is 51.0 Å². The Labute approximate surface area is 175 Å². The van der Waals surface area contributed by atoms with Crippen LogP contribution in [0.2, 0.25) is 0 Å². The first-order valence-corrected chi connectivity index (χ1v) is 10.1. The predicted molar refractivity (Wildman–Crippen MR) is 112 cm³/mol. The van der Waals surface area contributed by atoms with E-state index in [1.54, 1.807) is 7.05 Å². The van der Waals surface area contributed by atoms with E-state index in [9.17, 15) is 8.78 Å². The number of hydrogen-bond acceptors (Lipinski definition) is 4. The number of ether oxygens (including phenoxy) is 2. The van der Waals surface area contributed by atoms with Crippen molar-refractivity contribution in [3.63, 3.8) is 0 Å². The molecule has 2 aromatic carbocycles. The number of rotatable bonds is 4. The second-order valence-electron chi connectivity index (χ2n) is 7.34. The number of guanidine groups is 1. The lowest BCUT2D eigenvalue weighted by Gasteiger charge is -2.37. The first-order chi connectivity index (χ1) is 14.6. The molecule has 1 N–H and O–H groups in total. The number of anilines is 1. The van der Waals surface area contributed by atoms with Crippen LogP contribution in [0.4, 0.5) is 14.5 Å². The van der Waals surface area contributed by atoms with Gasteiger partial charge in [-0.25, -0.2) is 8.78 Å². The van der Waals surface area contributed by atoms with Crippen molar-refractivity contribution in [1.82, 2.24) is 10.2 Å². The molecule has 0 unspecified atom stereocenters. The molecule has 0 saturated carbocycles. The Balaban J connectivity index is 1.31. The van der Waals surface area contributed by atoms with E-state index < -0.39 is 0 Å². The standard InChI is InChI=1S/C22H26F2N4O2/c1-25-22(28-10-8-27(9-11-28)20-4-2-18(23)3-5-20)26-7-6-16-12-19(24)13-17-14-29-15-30-21(16)17/h2-5,12-13H,6-11,14-15H2,1H3,(H,25,26). The number of nitrogens with one attached hydrogen (secondary N) is 1. The van der Waals surface area contributed by atoms with Gasteiger partial charge in [0.2, 0.25) is 0 Å². The van der Waals surface area contributed by atoms with E-state index in [1.807, 2.05) is 12.1 Å². The van der Waals surface area contributed by atoms with Crippen molar-refractivity contribution in [2.24, 2.45) is 4.99 Å². The van der Waals surface area contributed by atoms with E-state index >= 15 is 0 Å². The van der Waals surface area contributed by atoms with Gasteiger partial charge in [-0.3, -0.25) is 4.99 Å². The van der Waals surface area contributed by atoms with E-state index in [4.69, 9.17) is 9.47 Å². The van der Waals surface area contributed by atoms with Crippen molar-refractivity contribution in [2.75, 3.05) is 51.5 Å². The second kappa shape index (κ2) is 9.30. The molecule has 0 aliphatic carbocycles. The second-order valence-corrected chi connectivity index (χ2v) is 7.34. The van der Waals surface area contributed by atoms with Crippen LogP contribution < -0.4 is 15.0 Å². The molecule has 1 fully saturated rings. The Kier molecular flexibility index (Phi) is 6.32. The summed E-state index contributed by atoms with van der Waals surface area (Å²) < 4.78 is 37.9. The van der Waals surface area contributed by atoms with Crippen LogP contribution >= 0.6 is 0 Å². The van der Waals surface area contributed by atoms with E-state index in [-0.39, 0.29) is 18.4 Å². The maximum absolute atomic E-state index is 13.9. The van der Waals surface area contributed by atoms with Crippen LogP contribution in [0.3, 0.4) is 0 Å². The minimum absolute atomic E-state index is 0.194. The molecule has 160 valence electrons. The SMILES string of the molecule is CN=C(NCCc1cc(F)cc2c1OCOC2)N1CCN(c2ccc(F)cc2)CC1.